The summed E-state index contributed by atoms with van der Waals surface area (Å²) in [5.41, 5.74) is 16.0. The van der Waals surface area contributed by atoms with E-state index in [1.807, 2.05) is 0 Å². The van der Waals surface area contributed by atoms with Crippen LogP contribution < -0.4 is 9.80 Å². The molecule has 53 heavy (non-hydrogen) atoms. The van der Waals surface area contributed by atoms with Gasteiger partial charge in [0.25, 0.3) is 0 Å². The monoisotopic (exact) mass is 680 g/mol. The van der Waals surface area contributed by atoms with Crippen LogP contribution in [-0.4, -0.2) is 0 Å². The predicted molar refractivity (Wildman–Crippen MR) is 223 cm³/mol. The van der Waals surface area contributed by atoms with Crippen molar-refractivity contribution in [3.8, 4) is 11.1 Å². The lowest BCUT2D eigenvalue weighted by Crippen LogP contribution is -2.29. The van der Waals surface area contributed by atoms with Gasteiger partial charge in [-0.25, -0.2) is 0 Å². The van der Waals surface area contributed by atoms with Crippen LogP contribution >= 0.6 is 0 Å². The highest BCUT2D eigenvalue weighted by molar-refractivity contribution is 6.00. The van der Waals surface area contributed by atoms with E-state index in [2.05, 4.69) is 230 Å². The summed E-state index contributed by atoms with van der Waals surface area (Å²) in [7, 11) is 0. The van der Waals surface area contributed by atoms with E-state index in [1.165, 1.54) is 44.5 Å². The molecule has 8 aromatic rings. The van der Waals surface area contributed by atoms with E-state index in [0.29, 0.717) is 0 Å². The van der Waals surface area contributed by atoms with E-state index in [0.717, 1.165) is 34.1 Å². The number of para-hydroxylation sites is 4. The molecule has 0 saturated heterocycles. The van der Waals surface area contributed by atoms with Crippen LogP contribution in [0.25, 0.3) is 11.1 Å². The zero-order valence-corrected chi connectivity index (χ0v) is 30.0. The second-order valence-electron chi connectivity index (χ2n) is 13.9. The second kappa shape index (κ2) is 13.5. The lowest BCUT2D eigenvalue weighted by molar-refractivity contribution is 0.767. The van der Waals surface area contributed by atoms with E-state index in [9.17, 15) is 0 Å². The topological polar surface area (TPSA) is 6.48 Å². The Balaban J connectivity index is 1.47. The molecule has 2 heteroatoms. The number of benzene rings is 8. The molecular weight excluding hydrogens is 641 g/mol. The molecule has 1 aliphatic rings. The Kier molecular flexibility index (Phi) is 8.21. The molecule has 0 N–H and O–H groups in total. The normalized spacial score (nSPS) is 12.5. The number of rotatable bonds is 8. The van der Waals surface area contributed by atoms with Gasteiger partial charge in [0.2, 0.25) is 0 Å². The first-order valence-corrected chi connectivity index (χ1v) is 18.4. The summed E-state index contributed by atoms with van der Waals surface area (Å²) in [6.07, 6.45) is 0. The summed E-state index contributed by atoms with van der Waals surface area (Å²) in [6.45, 7) is 4.34. The minimum Gasteiger partial charge on any atom is -0.310 e. The summed E-state index contributed by atoms with van der Waals surface area (Å²) in [6, 6.07) is 75.4. The Labute approximate surface area is 312 Å². The predicted octanol–water partition coefficient (Wildman–Crippen LogP) is 13.6. The zero-order valence-electron chi connectivity index (χ0n) is 30.0. The molecule has 0 bridgehead atoms. The summed E-state index contributed by atoms with van der Waals surface area (Å²) in [4.78, 5) is 4.84. The first kappa shape index (κ1) is 32.3. The van der Waals surface area contributed by atoms with Crippen molar-refractivity contribution in [1.29, 1.82) is 0 Å². The molecule has 0 radical (unpaired) electrons. The number of nitrogens with zero attached hydrogens (tertiary/aromatic N) is 2. The van der Waals surface area contributed by atoms with Crippen molar-refractivity contribution in [1.82, 2.24) is 0 Å². The van der Waals surface area contributed by atoms with Crippen LogP contribution in [0.1, 0.15) is 33.4 Å². The van der Waals surface area contributed by atoms with Gasteiger partial charge in [-0.3, -0.25) is 0 Å². The summed E-state index contributed by atoms with van der Waals surface area (Å²) < 4.78 is 0. The minimum atomic E-state index is -0.587. The lowest BCUT2D eigenvalue weighted by atomic mass is 9.67. The number of hydrogen-bond donors (Lipinski definition) is 0. The molecule has 0 saturated carbocycles. The molecule has 2 nitrogen and oxygen atoms in total. The lowest BCUT2D eigenvalue weighted by Gasteiger charge is -2.36. The van der Waals surface area contributed by atoms with Gasteiger partial charge >= 0.3 is 0 Å². The molecule has 9 rings (SSSR count). The van der Waals surface area contributed by atoms with Crippen molar-refractivity contribution in [2.24, 2.45) is 0 Å². The van der Waals surface area contributed by atoms with Crippen LogP contribution in [0.3, 0.4) is 0 Å². The highest BCUT2D eigenvalue weighted by Crippen LogP contribution is 2.61. The quantitative estimate of drug-likeness (QED) is 0.158. The number of anilines is 6. The fourth-order valence-corrected chi connectivity index (χ4v) is 8.25. The van der Waals surface area contributed by atoms with Crippen LogP contribution in [0.15, 0.2) is 206 Å². The van der Waals surface area contributed by atoms with Crippen molar-refractivity contribution in [2.75, 3.05) is 9.80 Å². The van der Waals surface area contributed by atoms with Gasteiger partial charge in [-0.05, 0) is 102 Å². The Morgan fingerprint density at radius 1 is 0.340 bits per heavy atom. The molecule has 0 atom stereocenters. The summed E-state index contributed by atoms with van der Waals surface area (Å²) >= 11 is 0. The van der Waals surface area contributed by atoms with E-state index < -0.39 is 5.41 Å². The van der Waals surface area contributed by atoms with Gasteiger partial charge in [0, 0.05) is 34.0 Å². The highest BCUT2D eigenvalue weighted by atomic mass is 15.2. The maximum absolute atomic E-state index is 2.46. The van der Waals surface area contributed by atoms with Crippen LogP contribution in [0.4, 0.5) is 34.1 Å². The molecule has 0 unspecified atom stereocenters. The molecule has 8 aromatic carbocycles. The average Bonchev–Trinajstić information content (AvgIpc) is 3.51. The van der Waals surface area contributed by atoms with Gasteiger partial charge < -0.3 is 9.80 Å². The van der Waals surface area contributed by atoms with Crippen LogP contribution in [0, 0.1) is 13.8 Å². The molecule has 0 spiro atoms. The van der Waals surface area contributed by atoms with Crippen LogP contribution in [0.5, 0.6) is 0 Å². The Hall–Kier alpha value is -6.64. The first-order chi connectivity index (χ1) is 26.1. The molecule has 0 heterocycles. The Morgan fingerprint density at radius 2 is 0.736 bits per heavy atom. The summed E-state index contributed by atoms with van der Waals surface area (Å²) in [5.74, 6) is 0. The van der Waals surface area contributed by atoms with E-state index in [-0.39, 0.29) is 0 Å². The third-order valence-corrected chi connectivity index (χ3v) is 10.6. The molecule has 0 aliphatic heterocycles. The maximum Gasteiger partial charge on any atom is 0.0715 e. The standard InChI is InChI=1S/C51H40N2/c1-37-27-31-39(32-28-37)51(40-33-29-38(2)30-34-40)47-26-16-15-25-46(47)50-48(51)35-45(52(41-17-7-3-8-18-41)42-19-9-4-10-20-42)36-49(50)53(43-21-11-5-12-22-43)44-23-13-6-14-24-44/h3-36H,1-2H3. The molecule has 0 amide bonds. The van der Waals surface area contributed by atoms with Crippen molar-refractivity contribution >= 4 is 34.1 Å². The largest absolute Gasteiger partial charge is 0.310 e. The third kappa shape index (κ3) is 5.51. The van der Waals surface area contributed by atoms with E-state index in [1.54, 1.807) is 0 Å². The van der Waals surface area contributed by atoms with E-state index >= 15 is 0 Å². The highest BCUT2D eigenvalue weighted by Gasteiger charge is 2.48. The van der Waals surface area contributed by atoms with Crippen molar-refractivity contribution in [3.63, 3.8) is 0 Å². The van der Waals surface area contributed by atoms with Crippen molar-refractivity contribution in [3.05, 3.63) is 240 Å². The molecule has 254 valence electrons. The van der Waals surface area contributed by atoms with E-state index in [4.69, 9.17) is 0 Å². The van der Waals surface area contributed by atoms with Crippen molar-refractivity contribution < 1.29 is 0 Å². The first-order valence-electron chi connectivity index (χ1n) is 18.4. The zero-order chi connectivity index (χ0) is 35.8. The van der Waals surface area contributed by atoms with Gasteiger partial charge in [0.15, 0.2) is 0 Å². The van der Waals surface area contributed by atoms with Crippen LogP contribution in [-0.2, 0) is 5.41 Å². The average molecular weight is 681 g/mol. The molecular formula is C51H40N2. The fourth-order valence-electron chi connectivity index (χ4n) is 8.25. The van der Waals surface area contributed by atoms with Gasteiger partial charge in [0.1, 0.15) is 0 Å². The third-order valence-electron chi connectivity index (χ3n) is 10.6. The molecule has 0 aromatic heterocycles. The summed E-state index contributed by atoms with van der Waals surface area (Å²) in [5, 5.41) is 0. The SMILES string of the molecule is Cc1ccc(C2(c3ccc(C)cc3)c3ccccc3-c3c(N(c4ccccc4)c4ccccc4)cc(N(c4ccccc4)c4ccccc4)cc32)cc1. The van der Waals surface area contributed by atoms with Crippen LogP contribution in [0.2, 0.25) is 0 Å². The molecule has 1 aliphatic carbocycles. The number of hydrogen-bond acceptors (Lipinski definition) is 2. The van der Waals surface area contributed by atoms with Gasteiger partial charge in [-0.15, -0.1) is 0 Å². The van der Waals surface area contributed by atoms with Gasteiger partial charge in [0.05, 0.1) is 11.1 Å². The van der Waals surface area contributed by atoms with Gasteiger partial charge in [-0.2, -0.15) is 0 Å². The molecule has 0 fully saturated rings. The maximum atomic E-state index is 2.46. The van der Waals surface area contributed by atoms with Gasteiger partial charge in [-0.1, -0.05) is 157 Å². The smallest absolute Gasteiger partial charge is 0.0715 e. The van der Waals surface area contributed by atoms with Crippen molar-refractivity contribution in [2.45, 2.75) is 19.3 Å². The minimum absolute atomic E-state index is 0.587. The second-order valence-corrected chi connectivity index (χ2v) is 13.9. The number of aryl methyl sites for hydroxylation is 2. The Bertz CT molecular complexity index is 2370. The number of fused-ring (bicyclic) bond motifs is 3. The fraction of sp³-hybridized carbons (Fsp3) is 0.0588. The Morgan fingerprint density at radius 3 is 1.19 bits per heavy atom.